The Labute approximate surface area is 164 Å². The van der Waals surface area contributed by atoms with Crippen LogP contribution in [0.2, 0.25) is 0 Å². The van der Waals surface area contributed by atoms with Crippen molar-refractivity contribution in [2.75, 3.05) is 25.1 Å². The number of hydrogen-bond donors (Lipinski definition) is 1. The van der Waals surface area contributed by atoms with E-state index in [2.05, 4.69) is 29.6 Å². The van der Waals surface area contributed by atoms with Gasteiger partial charge in [-0.25, -0.2) is 0 Å². The number of nitrogens with one attached hydrogen (secondary N) is 1. The van der Waals surface area contributed by atoms with Crippen LogP contribution in [0.5, 0.6) is 0 Å². The Morgan fingerprint density at radius 2 is 1.89 bits per heavy atom. The van der Waals surface area contributed by atoms with E-state index >= 15 is 0 Å². The van der Waals surface area contributed by atoms with Crippen molar-refractivity contribution in [2.45, 2.75) is 30.7 Å². The smallest absolute Gasteiger partial charge is 0.232 e. The summed E-state index contributed by atoms with van der Waals surface area (Å²) in [4.78, 5) is 27.8. The molecule has 0 bridgehead atoms. The van der Waals surface area contributed by atoms with Gasteiger partial charge in [-0.3, -0.25) is 9.59 Å². The van der Waals surface area contributed by atoms with E-state index in [0.29, 0.717) is 31.6 Å². The van der Waals surface area contributed by atoms with Gasteiger partial charge in [-0.05, 0) is 23.6 Å². The van der Waals surface area contributed by atoms with Gasteiger partial charge in [0.2, 0.25) is 11.8 Å². The van der Waals surface area contributed by atoms with E-state index in [1.165, 1.54) is 5.56 Å². The molecule has 0 saturated carbocycles. The van der Waals surface area contributed by atoms with Gasteiger partial charge in [-0.1, -0.05) is 48.5 Å². The number of amides is 2. The Balaban J connectivity index is 1.38. The third-order valence-electron chi connectivity index (χ3n) is 6.51. The number of likely N-dealkylation sites (tertiary alicyclic amines) is 1. The van der Waals surface area contributed by atoms with Crippen molar-refractivity contribution in [1.82, 2.24) is 4.90 Å². The first-order valence-electron chi connectivity index (χ1n) is 10.0. The molecule has 28 heavy (non-hydrogen) atoms. The lowest BCUT2D eigenvalue weighted by atomic mass is 9.84. The molecule has 3 aliphatic heterocycles. The quantitative estimate of drug-likeness (QED) is 0.895. The molecule has 3 aliphatic rings. The maximum atomic E-state index is 13.3. The van der Waals surface area contributed by atoms with Gasteiger partial charge >= 0.3 is 0 Å². The minimum Gasteiger partial charge on any atom is -0.381 e. The molecule has 0 radical (unpaired) electrons. The molecule has 2 aromatic rings. The second kappa shape index (κ2) is 7.06. The Kier molecular flexibility index (Phi) is 4.40. The van der Waals surface area contributed by atoms with Crippen LogP contribution in [0.25, 0.3) is 0 Å². The van der Waals surface area contributed by atoms with Crippen LogP contribution in [0.15, 0.2) is 54.6 Å². The molecule has 5 heteroatoms. The van der Waals surface area contributed by atoms with Gasteiger partial charge in [0, 0.05) is 43.1 Å². The largest absolute Gasteiger partial charge is 0.381 e. The molecule has 2 aromatic carbocycles. The van der Waals surface area contributed by atoms with Gasteiger partial charge < -0.3 is 15.0 Å². The first kappa shape index (κ1) is 17.4. The van der Waals surface area contributed by atoms with Crippen LogP contribution in [0.4, 0.5) is 5.69 Å². The molecule has 0 spiro atoms. The topological polar surface area (TPSA) is 58.6 Å². The lowest BCUT2D eigenvalue weighted by molar-refractivity contribution is -0.135. The average Bonchev–Trinajstić information content (AvgIpc) is 3.27. The third-order valence-corrected chi connectivity index (χ3v) is 6.51. The van der Waals surface area contributed by atoms with Crippen molar-refractivity contribution in [3.05, 3.63) is 65.7 Å². The van der Waals surface area contributed by atoms with Crippen LogP contribution in [0, 0.1) is 5.92 Å². The van der Waals surface area contributed by atoms with Crippen LogP contribution >= 0.6 is 0 Å². The van der Waals surface area contributed by atoms with E-state index in [1.54, 1.807) is 0 Å². The van der Waals surface area contributed by atoms with E-state index < -0.39 is 5.92 Å². The molecule has 2 saturated heterocycles. The number of para-hydroxylation sites is 1. The summed E-state index contributed by atoms with van der Waals surface area (Å²) in [5.41, 5.74) is 3.03. The zero-order valence-corrected chi connectivity index (χ0v) is 15.7. The Hall–Kier alpha value is -2.66. The summed E-state index contributed by atoms with van der Waals surface area (Å²) in [6, 6.07) is 18.3. The molecule has 0 aliphatic carbocycles. The SMILES string of the molecule is O=C1Nc2ccccc2C1CC(=O)N1CC(c2ccccc2)C2COCCC21. The summed E-state index contributed by atoms with van der Waals surface area (Å²) in [6.07, 6.45) is 1.10. The van der Waals surface area contributed by atoms with Gasteiger partial charge in [0.05, 0.1) is 12.5 Å². The van der Waals surface area contributed by atoms with Crippen molar-refractivity contribution in [1.29, 1.82) is 0 Å². The molecule has 0 aromatic heterocycles. The minimum absolute atomic E-state index is 0.0723. The standard InChI is InChI=1S/C23H24N2O3/c26-22(12-17-16-8-4-5-9-20(16)24-23(17)27)25-13-18(15-6-2-1-3-7-15)19-14-28-11-10-21(19)25/h1-9,17-19,21H,10-14H2,(H,24,27). The highest BCUT2D eigenvalue weighted by Gasteiger charge is 2.46. The first-order chi connectivity index (χ1) is 13.7. The second-order valence-electron chi connectivity index (χ2n) is 7.99. The lowest BCUT2D eigenvalue weighted by Gasteiger charge is -2.32. The van der Waals surface area contributed by atoms with Crippen LogP contribution in [0.3, 0.4) is 0 Å². The zero-order valence-electron chi connectivity index (χ0n) is 15.7. The van der Waals surface area contributed by atoms with Crippen molar-refractivity contribution in [3.8, 4) is 0 Å². The summed E-state index contributed by atoms with van der Waals surface area (Å²) in [7, 11) is 0. The van der Waals surface area contributed by atoms with E-state index in [-0.39, 0.29) is 24.3 Å². The van der Waals surface area contributed by atoms with Crippen LogP contribution in [-0.4, -0.2) is 42.5 Å². The van der Waals surface area contributed by atoms with Gasteiger partial charge in [-0.2, -0.15) is 0 Å². The van der Waals surface area contributed by atoms with Gasteiger partial charge in [-0.15, -0.1) is 0 Å². The third kappa shape index (κ3) is 2.90. The fourth-order valence-corrected chi connectivity index (χ4v) is 5.11. The first-order valence-corrected chi connectivity index (χ1v) is 10.0. The number of carbonyl (C=O) groups excluding carboxylic acids is 2. The number of nitrogens with zero attached hydrogens (tertiary/aromatic N) is 1. The molecular weight excluding hydrogens is 352 g/mol. The molecule has 2 fully saturated rings. The van der Waals surface area contributed by atoms with E-state index in [0.717, 1.165) is 17.7 Å². The Morgan fingerprint density at radius 1 is 1.11 bits per heavy atom. The number of ether oxygens (including phenoxy) is 1. The van der Waals surface area contributed by atoms with Crippen molar-refractivity contribution >= 4 is 17.5 Å². The summed E-state index contributed by atoms with van der Waals surface area (Å²) >= 11 is 0. The molecule has 3 heterocycles. The summed E-state index contributed by atoms with van der Waals surface area (Å²) in [6.45, 7) is 2.09. The Bertz CT molecular complexity index is 898. The lowest BCUT2D eigenvalue weighted by Crippen LogP contribution is -2.42. The van der Waals surface area contributed by atoms with Crippen molar-refractivity contribution in [2.24, 2.45) is 5.92 Å². The summed E-state index contributed by atoms with van der Waals surface area (Å²) in [5.74, 6) is 0.228. The monoisotopic (exact) mass is 376 g/mol. The predicted octanol–water partition coefficient (Wildman–Crippen LogP) is 3.14. The number of fused-ring (bicyclic) bond motifs is 2. The van der Waals surface area contributed by atoms with Gasteiger partial charge in [0.15, 0.2) is 0 Å². The Morgan fingerprint density at radius 3 is 2.75 bits per heavy atom. The molecule has 144 valence electrons. The van der Waals surface area contributed by atoms with Crippen LogP contribution < -0.4 is 5.32 Å². The number of benzene rings is 2. The molecule has 4 atom stereocenters. The molecule has 2 amide bonds. The predicted molar refractivity (Wildman–Crippen MR) is 106 cm³/mol. The van der Waals surface area contributed by atoms with Crippen LogP contribution in [0.1, 0.15) is 35.8 Å². The molecule has 5 rings (SSSR count). The second-order valence-corrected chi connectivity index (χ2v) is 7.99. The van der Waals surface area contributed by atoms with Gasteiger partial charge in [0.25, 0.3) is 0 Å². The van der Waals surface area contributed by atoms with Crippen LogP contribution in [-0.2, 0) is 14.3 Å². The summed E-state index contributed by atoms with van der Waals surface area (Å²) in [5, 5.41) is 2.90. The highest BCUT2D eigenvalue weighted by Crippen LogP contribution is 2.42. The minimum atomic E-state index is -0.391. The maximum Gasteiger partial charge on any atom is 0.232 e. The normalized spacial score (nSPS) is 28.6. The number of anilines is 1. The molecule has 1 N–H and O–H groups in total. The maximum absolute atomic E-state index is 13.3. The highest BCUT2D eigenvalue weighted by atomic mass is 16.5. The summed E-state index contributed by atoms with van der Waals surface area (Å²) < 4.78 is 5.76. The fraction of sp³-hybridized carbons (Fsp3) is 0.391. The fourth-order valence-electron chi connectivity index (χ4n) is 5.11. The van der Waals surface area contributed by atoms with E-state index in [9.17, 15) is 9.59 Å². The van der Waals surface area contributed by atoms with Crippen molar-refractivity contribution < 1.29 is 14.3 Å². The molecule has 5 nitrogen and oxygen atoms in total. The molecule has 4 unspecified atom stereocenters. The van der Waals surface area contributed by atoms with E-state index in [4.69, 9.17) is 4.74 Å². The molecular formula is C23H24N2O3. The average molecular weight is 376 g/mol. The number of rotatable bonds is 3. The number of hydrogen-bond acceptors (Lipinski definition) is 3. The highest BCUT2D eigenvalue weighted by molar-refractivity contribution is 6.04. The van der Waals surface area contributed by atoms with Crippen molar-refractivity contribution in [3.63, 3.8) is 0 Å². The number of carbonyl (C=O) groups is 2. The zero-order chi connectivity index (χ0) is 19.1. The van der Waals surface area contributed by atoms with Gasteiger partial charge in [0.1, 0.15) is 0 Å². The van der Waals surface area contributed by atoms with E-state index in [1.807, 2.05) is 35.2 Å².